The number of nitrogens with zero attached hydrogens (tertiary/aromatic N) is 2. The van der Waals surface area contributed by atoms with Gasteiger partial charge in [-0.3, -0.25) is 9.59 Å². The van der Waals surface area contributed by atoms with Gasteiger partial charge in [-0.15, -0.1) is 0 Å². The van der Waals surface area contributed by atoms with E-state index in [0.29, 0.717) is 31.8 Å². The van der Waals surface area contributed by atoms with Crippen molar-refractivity contribution in [2.75, 3.05) is 13.1 Å². The number of piperidine rings is 1. The van der Waals surface area contributed by atoms with E-state index in [4.69, 9.17) is 4.84 Å². The van der Waals surface area contributed by atoms with Crippen molar-refractivity contribution in [1.29, 1.82) is 0 Å². The van der Waals surface area contributed by atoms with Crippen molar-refractivity contribution < 1.29 is 14.4 Å². The van der Waals surface area contributed by atoms with Gasteiger partial charge in [0.15, 0.2) is 0 Å². The van der Waals surface area contributed by atoms with Crippen molar-refractivity contribution in [2.24, 2.45) is 11.1 Å². The molecule has 2 aliphatic heterocycles. The minimum Gasteiger partial charge on any atom is -0.389 e. The van der Waals surface area contributed by atoms with Crippen LogP contribution in [0.25, 0.3) is 0 Å². The fraction of sp³-hybridized carbons (Fsp3) is 0.611. The molecule has 2 amide bonds. The SMILES string of the molecule is O=CNC(Cc1ccsc1)C(=O)N1CCC2(CC1)CC(C1CC1)=NO2. The highest BCUT2D eigenvalue weighted by Crippen LogP contribution is 2.42. The zero-order chi connectivity index (χ0) is 17.3. The highest BCUT2D eigenvalue weighted by molar-refractivity contribution is 7.07. The molecule has 1 unspecified atom stereocenters. The largest absolute Gasteiger partial charge is 0.389 e. The molecule has 1 aromatic rings. The number of likely N-dealkylation sites (tertiary alicyclic amines) is 1. The van der Waals surface area contributed by atoms with Crippen molar-refractivity contribution in [3.05, 3.63) is 22.4 Å². The molecule has 1 aliphatic carbocycles. The van der Waals surface area contributed by atoms with Gasteiger partial charge in [0.2, 0.25) is 12.3 Å². The highest BCUT2D eigenvalue weighted by atomic mass is 32.1. The maximum atomic E-state index is 12.8. The molecule has 7 heteroatoms. The summed E-state index contributed by atoms with van der Waals surface area (Å²) >= 11 is 1.60. The van der Waals surface area contributed by atoms with Gasteiger partial charge in [-0.1, -0.05) is 5.16 Å². The second-order valence-corrected chi connectivity index (χ2v) is 8.09. The third-order valence-corrected chi connectivity index (χ3v) is 6.21. The first kappa shape index (κ1) is 16.6. The summed E-state index contributed by atoms with van der Waals surface area (Å²) in [6.07, 6.45) is 6.18. The van der Waals surface area contributed by atoms with E-state index in [9.17, 15) is 9.59 Å². The van der Waals surface area contributed by atoms with E-state index in [2.05, 4.69) is 10.5 Å². The number of hydrogen-bond donors (Lipinski definition) is 1. The Bertz CT molecular complexity index is 661. The van der Waals surface area contributed by atoms with Crippen molar-refractivity contribution in [3.8, 4) is 0 Å². The van der Waals surface area contributed by atoms with Crippen LogP contribution < -0.4 is 5.32 Å². The predicted molar refractivity (Wildman–Crippen MR) is 95.4 cm³/mol. The second kappa shape index (κ2) is 6.78. The van der Waals surface area contributed by atoms with E-state index < -0.39 is 6.04 Å². The molecule has 25 heavy (non-hydrogen) atoms. The van der Waals surface area contributed by atoms with Crippen LogP contribution in [0.4, 0.5) is 0 Å². The van der Waals surface area contributed by atoms with Crippen molar-refractivity contribution in [3.63, 3.8) is 0 Å². The maximum absolute atomic E-state index is 12.8. The Labute approximate surface area is 151 Å². The van der Waals surface area contributed by atoms with E-state index in [-0.39, 0.29) is 11.5 Å². The smallest absolute Gasteiger partial charge is 0.245 e. The molecule has 1 saturated heterocycles. The molecule has 1 saturated carbocycles. The average molecular weight is 361 g/mol. The lowest BCUT2D eigenvalue weighted by Gasteiger charge is -2.38. The van der Waals surface area contributed by atoms with Crippen molar-refractivity contribution in [2.45, 2.75) is 50.2 Å². The van der Waals surface area contributed by atoms with E-state index >= 15 is 0 Å². The lowest BCUT2D eigenvalue weighted by Crippen LogP contribution is -2.53. The average Bonchev–Trinajstić information content (AvgIpc) is 3.20. The Morgan fingerprint density at radius 2 is 2.28 bits per heavy atom. The quantitative estimate of drug-likeness (QED) is 0.788. The molecular weight excluding hydrogens is 338 g/mol. The molecule has 0 radical (unpaired) electrons. The number of rotatable bonds is 6. The van der Waals surface area contributed by atoms with Crippen LogP contribution in [0.15, 0.2) is 22.0 Å². The topological polar surface area (TPSA) is 71.0 Å². The van der Waals surface area contributed by atoms with Crippen LogP contribution in [0.1, 0.15) is 37.7 Å². The zero-order valence-corrected chi connectivity index (χ0v) is 15.0. The number of thiophene rings is 1. The van der Waals surface area contributed by atoms with Gasteiger partial charge in [0.05, 0.1) is 5.71 Å². The minimum atomic E-state index is -0.496. The van der Waals surface area contributed by atoms with E-state index in [1.165, 1.54) is 18.6 Å². The molecule has 2 fully saturated rings. The van der Waals surface area contributed by atoms with Crippen LogP contribution in [0.2, 0.25) is 0 Å². The molecule has 0 aromatic carbocycles. The first-order valence-corrected chi connectivity index (χ1v) is 9.88. The molecule has 4 rings (SSSR count). The standard InChI is InChI=1S/C18H23N3O3S/c22-12-19-15(9-13-3-8-25-11-13)17(23)21-6-4-18(5-7-21)10-16(20-24-18)14-1-2-14/h3,8,11-12,14-15H,1-2,4-7,9-10H2,(H,19,22). The minimum absolute atomic E-state index is 0.00511. The maximum Gasteiger partial charge on any atom is 0.245 e. The number of hydrogen-bond acceptors (Lipinski definition) is 5. The lowest BCUT2D eigenvalue weighted by molar-refractivity contribution is -0.140. The van der Waals surface area contributed by atoms with Gasteiger partial charge >= 0.3 is 0 Å². The molecule has 1 N–H and O–H groups in total. The Morgan fingerprint density at radius 3 is 2.92 bits per heavy atom. The fourth-order valence-electron chi connectivity index (χ4n) is 3.75. The molecule has 0 bridgehead atoms. The predicted octanol–water partition coefficient (Wildman–Crippen LogP) is 1.95. The van der Waals surface area contributed by atoms with Crippen LogP contribution in [0.3, 0.4) is 0 Å². The number of carbonyl (C=O) groups excluding carboxylic acids is 2. The van der Waals surface area contributed by atoms with Crippen molar-refractivity contribution in [1.82, 2.24) is 10.2 Å². The normalized spacial score (nSPS) is 23.0. The summed E-state index contributed by atoms with van der Waals surface area (Å²) in [6.45, 7) is 1.32. The van der Waals surface area contributed by atoms with Gasteiger partial charge in [0, 0.05) is 44.7 Å². The Hall–Kier alpha value is -1.89. The van der Waals surface area contributed by atoms with Crippen LogP contribution >= 0.6 is 11.3 Å². The highest BCUT2D eigenvalue weighted by Gasteiger charge is 2.46. The van der Waals surface area contributed by atoms with Gasteiger partial charge < -0.3 is 15.1 Å². The van der Waals surface area contributed by atoms with Gasteiger partial charge in [0.25, 0.3) is 0 Å². The molecule has 3 heterocycles. The fourth-order valence-corrected chi connectivity index (χ4v) is 4.43. The van der Waals surface area contributed by atoms with E-state index in [1.807, 2.05) is 21.7 Å². The number of amides is 2. The number of oxime groups is 1. The monoisotopic (exact) mass is 361 g/mol. The van der Waals surface area contributed by atoms with E-state index in [1.54, 1.807) is 11.3 Å². The summed E-state index contributed by atoms with van der Waals surface area (Å²) in [5.41, 5.74) is 2.10. The molecule has 3 aliphatic rings. The zero-order valence-electron chi connectivity index (χ0n) is 14.1. The lowest BCUT2D eigenvalue weighted by atomic mass is 9.85. The molecule has 134 valence electrons. The van der Waals surface area contributed by atoms with Gasteiger partial charge in [0.1, 0.15) is 11.6 Å². The first-order chi connectivity index (χ1) is 12.2. The second-order valence-electron chi connectivity index (χ2n) is 7.31. The van der Waals surface area contributed by atoms with Crippen LogP contribution in [-0.4, -0.2) is 47.7 Å². The third kappa shape index (κ3) is 3.56. The van der Waals surface area contributed by atoms with Crippen molar-refractivity contribution >= 4 is 29.4 Å². The van der Waals surface area contributed by atoms with Crippen LogP contribution in [-0.2, 0) is 20.8 Å². The van der Waals surface area contributed by atoms with Crippen LogP contribution in [0.5, 0.6) is 0 Å². The number of carbonyl (C=O) groups is 2. The van der Waals surface area contributed by atoms with Crippen LogP contribution in [0, 0.1) is 5.92 Å². The molecule has 1 atom stereocenters. The summed E-state index contributed by atoms with van der Waals surface area (Å²) in [5.74, 6) is 0.639. The van der Waals surface area contributed by atoms with E-state index in [0.717, 1.165) is 24.8 Å². The summed E-state index contributed by atoms with van der Waals surface area (Å²) in [7, 11) is 0. The number of nitrogens with one attached hydrogen (secondary N) is 1. The Morgan fingerprint density at radius 1 is 1.48 bits per heavy atom. The van der Waals surface area contributed by atoms with Gasteiger partial charge in [-0.25, -0.2) is 0 Å². The Balaban J connectivity index is 1.34. The summed E-state index contributed by atoms with van der Waals surface area (Å²) in [4.78, 5) is 31.4. The molecule has 1 aromatic heterocycles. The first-order valence-electron chi connectivity index (χ1n) is 8.94. The molecule has 6 nitrogen and oxygen atoms in total. The summed E-state index contributed by atoms with van der Waals surface area (Å²) in [6, 6.07) is 1.50. The van der Waals surface area contributed by atoms with Gasteiger partial charge in [-0.2, -0.15) is 11.3 Å². The molecular formula is C18H23N3O3S. The molecule has 1 spiro atoms. The Kier molecular flexibility index (Phi) is 4.50. The summed E-state index contributed by atoms with van der Waals surface area (Å²) in [5, 5.41) is 11.0. The van der Waals surface area contributed by atoms with Gasteiger partial charge in [-0.05, 0) is 35.2 Å². The summed E-state index contributed by atoms with van der Waals surface area (Å²) < 4.78 is 0. The third-order valence-electron chi connectivity index (χ3n) is 5.48.